The number of aromatic nitrogens is 1. The molecule has 0 fully saturated rings. The Morgan fingerprint density at radius 1 is 1.03 bits per heavy atom. The van der Waals surface area contributed by atoms with E-state index in [9.17, 15) is 18.0 Å². The zero-order valence-corrected chi connectivity index (χ0v) is 20.8. The summed E-state index contributed by atoms with van der Waals surface area (Å²) >= 11 is 0. The Labute approximate surface area is 206 Å². The number of nitrogens with zero attached hydrogens (tertiary/aromatic N) is 2. The molecule has 4 nitrogen and oxygen atoms in total. The van der Waals surface area contributed by atoms with E-state index in [-0.39, 0.29) is 32.6 Å². The van der Waals surface area contributed by atoms with Crippen LogP contribution >= 0.6 is 0 Å². The van der Waals surface area contributed by atoms with Crippen molar-refractivity contribution in [2.24, 2.45) is 0 Å². The molecule has 1 N–H and O–H groups in total. The van der Waals surface area contributed by atoms with Crippen molar-refractivity contribution in [3.05, 3.63) is 84.3 Å². The molecule has 3 aromatic rings. The molecular formula is C25H24F3N2O2Pt-. The number of anilines is 1. The molecule has 0 amide bonds. The number of carbonyl (C=O) groups excluding carboxylic acids is 1. The van der Waals surface area contributed by atoms with Gasteiger partial charge in [0, 0.05) is 58.8 Å². The van der Waals surface area contributed by atoms with E-state index in [1.807, 2.05) is 25.1 Å². The van der Waals surface area contributed by atoms with Crippen LogP contribution < -0.4 is 4.90 Å². The third-order valence-electron chi connectivity index (χ3n) is 4.23. The molecule has 3 rings (SSSR count). The third kappa shape index (κ3) is 8.85. The summed E-state index contributed by atoms with van der Waals surface area (Å²) in [5.74, 6) is -0.0625. The number of pyridine rings is 1. The number of carbonyl (C=O) groups is 1. The fourth-order valence-electron chi connectivity index (χ4n) is 2.78. The summed E-state index contributed by atoms with van der Waals surface area (Å²) in [5, 5.41) is 8.36. The molecule has 0 bridgehead atoms. The van der Waals surface area contributed by atoms with E-state index in [1.165, 1.54) is 19.9 Å². The zero-order valence-electron chi connectivity index (χ0n) is 18.6. The number of alkyl halides is 3. The molecule has 0 aliphatic carbocycles. The summed E-state index contributed by atoms with van der Waals surface area (Å²) in [6, 6.07) is 17.8. The molecule has 33 heavy (non-hydrogen) atoms. The first kappa shape index (κ1) is 28.1. The Balaban J connectivity index is 0.000000595. The summed E-state index contributed by atoms with van der Waals surface area (Å²) < 4.78 is 40.0. The number of hydrogen-bond acceptors (Lipinski definition) is 4. The van der Waals surface area contributed by atoms with Gasteiger partial charge in [0.15, 0.2) is 5.78 Å². The van der Waals surface area contributed by atoms with Crippen LogP contribution in [-0.4, -0.2) is 30.0 Å². The molecule has 1 heterocycles. The molecule has 0 radical (unpaired) electrons. The molecule has 0 saturated carbocycles. The van der Waals surface area contributed by atoms with E-state index in [2.05, 4.69) is 11.1 Å². The standard InChI is InChI=1S/C20H16F3N2.C5H8O2.Pt/c1-25(2)18-8-9-24-19(13-18)16-10-15(14-6-4-3-5-7-14)11-17(12-16)20(21,22)23;1-4(6)3-5(2)7;/h3-9,11-13H,1-2H3;3,6H,1-2H3;/q-1;;/b;4-3-;. The first-order valence-corrected chi connectivity index (χ1v) is 9.69. The average Bonchev–Trinajstić information content (AvgIpc) is 2.73. The molecule has 0 saturated heterocycles. The van der Waals surface area contributed by atoms with Gasteiger partial charge in [0.2, 0.25) is 0 Å². The Morgan fingerprint density at radius 3 is 2.12 bits per heavy atom. The number of aliphatic hydroxyl groups is 1. The molecule has 8 heteroatoms. The van der Waals surface area contributed by atoms with E-state index < -0.39 is 11.7 Å². The van der Waals surface area contributed by atoms with Gasteiger partial charge in [-0.3, -0.25) is 9.78 Å². The van der Waals surface area contributed by atoms with Crippen LogP contribution in [0.5, 0.6) is 0 Å². The fraction of sp³-hybridized carbons (Fsp3) is 0.200. The third-order valence-corrected chi connectivity index (χ3v) is 4.23. The van der Waals surface area contributed by atoms with Crippen molar-refractivity contribution in [1.29, 1.82) is 0 Å². The van der Waals surface area contributed by atoms with E-state index in [4.69, 9.17) is 5.11 Å². The Bertz CT molecular complexity index is 1090. The number of allylic oxidation sites excluding steroid dienone is 2. The van der Waals surface area contributed by atoms with Gasteiger partial charge in [-0.2, -0.15) is 13.2 Å². The average molecular weight is 637 g/mol. The maximum Gasteiger partial charge on any atom is 0.402 e. The van der Waals surface area contributed by atoms with Crippen LogP contribution in [0, 0.1) is 6.07 Å². The van der Waals surface area contributed by atoms with Crippen molar-refractivity contribution in [3.63, 3.8) is 0 Å². The van der Waals surface area contributed by atoms with E-state index in [1.54, 1.807) is 42.6 Å². The van der Waals surface area contributed by atoms with Gasteiger partial charge in [0.1, 0.15) is 0 Å². The molecular weight excluding hydrogens is 612 g/mol. The van der Waals surface area contributed by atoms with Gasteiger partial charge in [0.25, 0.3) is 0 Å². The molecule has 0 unspecified atom stereocenters. The quantitative estimate of drug-likeness (QED) is 0.207. The molecule has 0 atom stereocenters. The Kier molecular flexibility index (Phi) is 10.5. The van der Waals surface area contributed by atoms with Crippen molar-refractivity contribution < 1.29 is 44.1 Å². The molecule has 2 aromatic carbocycles. The number of hydrogen-bond donors (Lipinski definition) is 1. The van der Waals surface area contributed by atoms with Crippen molar-refractivity contribution in [1.82, 2.24) is 4.98 Å². The van der Waals surface area contributed by atoms with Gasteiger partial charge in [0.05, 0.1) is 5.76 Å². The second kappa shape index (κ2) is 12.4. The topological polar surface area (TPSA) is 53.4 Å². The number of ketones is 1. The molecule has 0 aliphatic heterocycles. The summed E-state index contributed by atoms with van der Waals surface area (Å²) in [6.45, 7) is 2.85. The van der Waals surface area contributed by atoms with Gasteiger partial charge in [-0.1, -0.05) is 41.5 Å². The van der Waals surface area contributed by atoms with Gasteiger partial charge in [-0.25, -0.2) is 0 Å². The van der Waals surface area contributed by atoms with E-state index in [0.29, 0.717) is 22.4 Å². The molecule has 1 aromatic heterocycles. The molecule has 0 spiro atoms. The van der Waals surface area contributed by atoms with Gasteiger partial charge in [-0.15, -0.1) is 23.8 Å². The zero-order chi connectivity index (χ0) is 23.9. The minimum Gasteiger partial charge on any atom is -0.512 e. The summed E-state index contributed by atoms with van der Waals surface area (Å²) in [5.41, 5.74) is 1.99. The normalized spacial score (nSPS) is 11.1. The number of benzene rings is 2. The maximum atomic E-state index is 13.3. The molecule has 178 valence electrons. The van der Waals surface area contributed by atoms with E-state index >= 15 is 0 Å². The molecule has 0 aliphatic rings. The monoisotopic (exact) mass is 636 g/mol. The van der Waals surface area contributed by atoms with Gasteiger partial charge < -0.3 is 10.0 Å². The largest absolute Gasteiger partial charge is 0.512 e. The smallest absolute Gasteiger partial charge is 0.402 e. The SMILES string of the molecule is CC(=O)/C=C(/C)O.CN(C)c1ccnc(-c2[c-]c(-c3ccccc3)cc(C(F)(F)F)c2)c1.[Pt]. The van der Waals surface area contributed by atoms with Crippen molar-refractivity contribution >= 4 is 11.5 Å². The van der Waals surface area contributed by atoms with Crippen molar-refractivity contribution in [2.45, 2.75) is 20.0 Å². The summed E-state index contributed by atoms with van der Waals surface area (Å²) in [6.07, 6.45) is -1.69. The van der Waals surface area contributed by atoms with Crippen LogP contribution in [-0.2, 0) is 32.0 Å². The first-order valence-electron chi connectivity index (χ1n) is 9.69. The summed E-state index contributed by atoms with van der Waals surface area (Å²) in [7, 11) is 3.73. The minimum absolute atomic E-state index is 0. The second-order valence-corrected chi connectivity index (χ2v) is 7.25. The first-order chi connectivity index (χ1) is 15.0. The van der Waals surface area contributed by atoms with Gasteiger partial charge in [-0.05, 0) is 31.5 Å². The predicted octanol–water partition coefficient (Wildman–Crippen LogP) is 6.34. The van der Waals surface area contributed by atoms with Crippen LogP contribution in [0.25, 0.3) is 22.4 Å². The number of halogens is 3. The maximum absolute atomic E-state index is 13.3. The van der Waals surface area contributed by atoms with Crippen LogP contribution in [0.15, 0.2) is 72.6 Å². The fourth-order valence-corrected chi connectivity index (χ4v) is 2.78. The van der Waals surface area contributed by atoms with Crippen LogP contribution in [0.3, 0.4) is 0 Å². The minimum atomic E-state index is -4.44. The number of rotatable bonds is 4. The second-order valence-electron chi connectivity index (χ2n) is 7.25. The van der Waals surface area contributed by atoms with E-state index in [0.717, 1.165) is 17.8 Å². The number of aliphatic hydroxyl groups excluding tert-OH is 1. The van der Waals surface area contributed by atoms with Crippen LogP contribution in [0.2, 0.25) is 0 Å². The predicted molar refractivity (Wildman–Crippen MR) is 120 cm³/mol. The van der Waals surface area contributed by atoms with Crippen LogP contribution in [0.4, 0.5) is 18.9 Å². The Hall–Kier alpha value is -2.92. The van der Waals surface area contributed by atoms with Crippen molar-refractivity contribution in [2.75, 3.05) is 19.0 Å². The van der Waals surface area contributed by atoms with Gasteiger partial charge >= 0.3 is 6.18 Å². The van der Waals surface area contributed by atoms with Crippen LogP contribution in [0.1, 0.15) is 19.4 Å². The summed E-state index contributed by atoms with van der Waals surface area (Å²) in [4.78, 5) is 16.1. The van der Waals surface area contributed by atoms with Crippen molar-refractivity contribution in [3.8, 4) is 22.4 Å². The Morgan fingerprint density at radius 2 is 1.64 bits per heavy atom.